The number of rotatable bonds is 3. The molecule has 114 valence electrons. The van der Waals surface area contributed by atoms with E-state index in [1.165, 1.54) is 0 Å². The third-order valence-electron chi connectivity index (χ3n) is 4.03. The van der Waals surface area contributed by atoms with Crippen molar-refractivity contribution in [1.82, 2.24) is 10.2 Å². The van der Waals surface area contributed by atoms with Crippen LogP contribution in [0.2, 0.25) is 0 Å². The molecule has 2 aromatic carbocycles. The van der Waals surface area contributed by atoms with Crippen molar-refractivity contribution in [2.75, 3.05) is 26.7 Å². The van der Waals surface area contributed by atoms with Crippen LogP contribution in [0.4, 0.5) is 0 Å². The van der Waals surface area contributed by atoms with Crippen molar-refractivity contribution < 1.29 is 9.53 Å². The molecule has 1 fully saturated rings. The second kappa shape index (κ2) is 6.62. The molecule has 1 aliphatic heterocycles. The van der Waals surface area contributed by atoms with Crippen LogP contribution in [-0.4, -0.2) is 37.6 Å². The van der Waals surface area contributed by atoms with E-state index in [1.54, 1.807) is 7.11 Å². The lowest BCUT2D eigenvalue weighted by molar-refractivity contribution is 0.0631. The minimum absolute atomic E-state index is 0.0211. The number of nitrogens with zero attached hydrogens (tertiary/aromatic N) is 1. The Morgan fingerprint density at radius 3 is 2.64 bits per heavy atom. The van der Waals surface area contributed by atoms with Crippen LogP contribution < -0.4 is 10.1 Å². The molecular formula is C18H20N2O2. The van der Waals surface area contributed by atoms with Crippen molar-refractivity contribution in [3.63, 3.8) is 0 Å². The van der Waals surface area contributed by atoms with E-state index in [-0.39, 0.29) is 11.9 Å². The lowest BCUT2D eigenvalue weighted by Crippen LogP contribution is -2.48. The summed E-state index contributed by atoms with van der Waals surface area (Å²) in [5.41, 5.74) is 1.77. The predicted molar refractivity (Wildman–Crippen MR) is 86.1 cm³/mol. The first kappa shape index (κ1) is 14.6. The number of benzene rings is 2. The number of nitrogens with one attached hydrogen (secondary N) is 1. The summed E-state index contributed by atoms with van der Waals surface area (Å²) in [7, 11) is 1.60. The van der Waals surface area contributed by atoms with Gasteiger partial charge < -0.3 is 15.0 Å². The van der Waals surface area contributed by atoms with Crippen molar-refractivity contribution in [2.24, 2.45) is 0 Å². The van der Waals surface area contributed by atoms with E-state index in [0.29, 0.717) is 17.9 Å². The Bertz CT molecular complexity index is 643. The molecular weight excluding hydrogens is 276 g/mol. The molecule has 0 aromatic heterocycles. The fourth-order valence-electron chi connectivity index (χ4n) is 2.90. The zero-order valence-corrected chi connectivity index (χ0v) is 12.7. The summed E-state index contributed by atoms with van der Waals surface area (Å²) in [5, 5.41) is 3.37. The number of methoxy groups -OCH3 is 1. The zero-order valence-electron chi connectivity index (χ0n) is 12.7. The van der Waals surface area contributed by atoms with E-state index in [1.807, 2.05) is 47.4 Å². The summed E-state index contributed by atoms with van der Waals surface area (Å²) in [5.74, 6) is 0.644. The smallest absolute Gasteiger partial charge is 0.258 e. The first-order valence-corrected chi connectivity index (χ1v) is 7.51. The fourth-order valence-corrected chi connectivity index (χ4v) is 2.90. The second-order valence-corrected chi connectivity index (χ2v) is 5.33. The quantitative estimate of drug-likeness (QED) is 0.946. The Morgan fingerprint density at radius 2 is 1.86 bits per heavy atom. The topological polar surface area (TPSA) is 41.6 Å². The number of ether oxygens (including phenoxy) is 1. The van der Waals surface area contributed by atoms with Crippen LogP contribution >= 0.6 is 0 Å². The van der Waals surface area contributed by atoms with Gasteiger partial charge in [-0.3, -0.25) is 4.79 Å². The fraction of sp³-hybridized carbons (Fsp3) is 0.278. The Labute approximate surface area is 130 Å². The van der Waals surface area contributed by atoms with Gasteiger partial charge in [-0.15, -0.1) is 0 Å². The number of carbonyl (C=O) groups is 1. The van der Waals surface area contributed by atoms with Crippen LogP contribution in [0.15, 0.2) is 54.6 Å². The van der Waals surface area contributed by atoms with Gasteiger partial charge >= 0.3 is 0 Å². The highest BCUT2D eigenvalue weighted by Crippen LogP contribution is 2.27. The van der Waals surface area contributed by atoms with Crippen LogP contribution in [-0.2, 0) is 0 Å². The summed E-state index contributed by atoms with van der Waals surface area (Å²) in [6.07, 6.45) is 0. The molecule has 1 heterocycles. The molecule has 1 N–H and O–H groups in total. The number of amides is 1. The monoisotopic (exact) mass is 296 g/mol. The van der Waals surface area contributed by atoms with E-state index in [0.717, 1.165) is 18.7 Å². The Morgan fingerprint density at radius 1 is 1.14 bits per heavy atom. The molecule has 4 nitrogen and oxygen atoms in total. The highest BCUT2D eigenvalue weighted by molar-refractivity contribution is 5.97. The van der Waals surface area contributed by atoms with E-state index >= 15 is 0 Å². The molecule has 1 saturated heterocycles. The van der Waals surface area contributed by atoms with Crippen molar-refractivity contribution >= 4 is 5.91 Å². The Kier molecular flexibility index (Phi) is 4.39. The van der Waals surface area contributed by atoms with Crippen molar-refractivity contribution in [3.05, 3.63) is 65.7 Å². The van der Waals surface area contributed by atoms with Gasteiger partial charge in [0.1, 0.15) is 5.75 Å². The van der Waals surface area contributed by atoms with Crippen LogP contribution in [0, 0.1) is 0 Å². The van der Waals surface area contributed by atoms with Crippen molar-refractivity contribution in [3.8, 4) is 5.75 Å². The standard InChI is InChI=1S/C18H20N2O2/c1-22-17-10-6-5-9-15(17)18(21)20-12-11-19-13-16(20)14-7-3-2-4-8-14/h2-10,16,19H,11-13H2,1H3. The molecule has 3 rings (SSSR count). The molecule has 1 atom stereocenters. The maximum absolute atomic E-state index is 13.0. The normalized spacial score (nSPS) is 18.0. The predicted octanol–water partition coefficient (Wildman–Crippen LogP) is 2.48. The van der Waals surface area contributed by atoms with Gasteiger partial charge in [0.15, 0.2) is 0 Å². The zero-order chi connectivity index (χ0) is 15.4. The SMILES string of the molecule is COc1ccccc1C(=O)N1CCNCC1c1ccccc1. The molecule has 1 unspecified atom stereocenters. The minimum atomic E-state index is 0.0211. The Hall–Kier alpha value is -2.33. The average Bonchev–Trinajstić information content (AvgIpc) is 2.62. The number of carbonyl (C=O) groups excluding carboxylic acids is 1. The van der Waals surface area contributed by atoms with Gasteiger partial charge in [-0.2, -0.15) is 0 Å². The molecule has 22 heavy (non-hydrogen) atoms. The van der Waals surface area contributed by atoms with Gasteiger partial charge in [-0.1, -0.05) is 42.5 Å². The highest BCUT2D eigenvalue weighted by atomic mass is 16.5. The molecule has 0 saturated carbocycles. The van der Waals surface area contributed by atoms with Crippen molar-refractivity contribution in [2.45, 2.75) is 6.04 Å². The maximum Gasteiger partial charge on any atom is 0.258 e. The highest BCUT2D eigenvalue weighted by Gasteiger charge is 2.29. The van der Waals surface area contributed by atoms with Crippen LogP contribution in [0.25, 0.3) is 0 Å². The largest absolute Gasteiger partial charge is 0.496 e. The van der Waals surface area contributed by atoms with Crippen LogP contribution in [0.5, 0.6) is 5.75 Å². The second-order valence-electron chi connectivity index (χ2n) is 5.33. The lowest BCUT2D eigenvalue weighted by Gasteiger charge is -2.36. The van der Waals surface area contributed by atoms with Crippen LogP contribution in [0.3, 0.4) is 0 Å². The number of para-hydroxylation sites is 1. The van der Waals surface area contributed by atoms with Crippen molar-refractivity contribution in [1.29, 1.82) is 0 Å². The van der Waals surface area contributed by atoms with Gasteiger partial charge in [0.2, 0.25) is 0 Å². The molecule has 2 aromatic rings. The van der Waals surface area contributed by atoms with E-state index < -0.39 is 0 Å². The summed E-state index contributed by atoms with van der Waals surface area (Å²) in [6.45, 7) is 2.27. The van der Waals surface area contributed by atoms with Gasteiger partial charge in [-0.25, -0.2) is 0 Å². The third-order valence-corrected chi connectivity index (χ3v) is 4.03. The Balaban J connectivity index is 1.92. The first-order valence-electron chi connectivity index (χ1n) is 7.51. The number of hydrogen-bond acceptors (Lipinski definition) is 3. The van der Waals surface area contributed by atoms with Gasteiger partial charge in [0.25, 0.3) is 5.91 Å². The summed E-state index contributed by atoms with van der Waals surface area (Å²) in [6, 6.07) is 17.6. The average molecular weight is 296 g/mol. The van der Waals surface area contributed by atoms with E-state index in [9.17, 15) is 4.79 Å². The molecule has 1 aliphatic rings. The molecule has 0 aliphatic carbocycles. The van der Waals surface area contributed by atoms with E-state index in [2.05, 4.69) is 17.4 Å². The number of piperazine rings is 1. The van der Waals surface area contributed by atoms with Gasteiger partial charge in [-0.05, 0) is 17.7 Å². The molecule has 4 heteroatoms. The lowest BCUT2D eigenvalue weighted by atomic mass is 10.0. The third kappa shape index (κ3) is 2.83. The maximum atomic E-state index is 13.0. The van der Waals surface area contributed by atoms with E-state index in [4.69, 9.17) is 4.74 Å². The van der Waals surface area contributed by atoms with Gasteiger partial charge in [0.05, 0.1) is 18.7 Å². The molecule has 0 bridgehead atoms. The summed E-state index contributed by atoms with van der Waals surface area (Å²) >= 11 is 0. The minimum Gasteiger partial charge on any atom is -0.496 e. The summed E-state index contributed by atoms with van der Waals surface area (Å²) < 4.78 is 5.34. The van der Waals surface area contributed by atoms with Gasteiger partial charge in [0, 0.05) is 19.6 Å². The first-order chi connectivity index (χ1) is 10.8. The molecule has 1 amide bonds. The molecule has 0 spiro atoms. The summed E-state index contributed by atoms with van der Waals surface area (Å²) in [4.78, 5) is 14.9. The molecule has 0 radical (unpaired) electrons. The van der Waals surface area contributed by atoms with Crippen LogP contribution in [0.1, 0.15) is 22.0 Å². The number of hydrogen-bond donors (Lipinski definition) is 1.